The van der Waals surface area contributed by atoms with Crippen molar-refractivity contribution in [3.63, 3.8) is 0 Å². The van der Waals surface area contributed by atoms with Crippen LogP contribution in [0.1, 0.15) is 5.56 Å². The van der Waals surface area contributed by atoms with Crippen molar-refractivity contribution < 1.29 is 9.47 Å². The van der Waals surface area contributed by atoms with Gasteiger partial charge in [-0.2, -0.15) is 0 Å². The summed E-state index contributed by atoms with van der Waals surface area (Å²) in [5, 5.41) is 0. The van der Waals surface area contributed by atoms with Crippen LogP contribution in [0.15, 0.2) is 18.2 Å². The Kier molecular flexibility index (Phi) is 4.10. The monoisotopic (exact) mass is 193 g/mol. The lowest BCUT2D eigenvalue weighted by Gasteiger charge is -2.09. The van der Waals surface area contributed by atoms with Crippen LogP contribution in [-0.4, -0.2) is 30.7 Å². The highest BCUT2D eigenvalue weighted by Crippen LogP contribution is 2.27. The second-order valence-electron chi connectivity index (χ2n) is 2.57. The number of methoxy groups -OCH3 is 2. The van der Waals surface area contributed by atoms with E-state index < -0.39 is 0 Å². The van der Waals surface area contributed by atoms with Crippen molar-refractivity contribution in [2.75, 3.05) is 14.2 Å². The summed E-state index contributed by atoms with van der Waals surface area (Å²) in [5.41, 5.74) is 1.16. The molecule has 2 radical (unpaired) electrons. The van der Waals surface area contributed by atoms with E-state index in [1.807, 2.05) is 18.2 Å². The van der Waals surface area contributed by atoms with Crippen molar-refractivity contribution in [3.8, 4) is 11.5 Å². The van der Waals surface area contributed by atoms with Gasteiger partial charge in [-0.05, 0) is 17.7 Å². The first-order chi connectivity index (χ1) is 6.31. The lowest BCUT2D eigenvalue weighted by Crippen LogP contribution is -2.07. The topological polar surface area (TPSA) is 30.5 Å². The molecule has 1 N–H and O–H groups in total. The van der Waals surface area contributed by atoms with Gasteiger partial charge in [-0.1, -0.05) is 6.07 Å². The van der Waals surface area contributed by atoms with Crippen LogP contribution in [0, 0.1) is 0 Å². The molecule has 3 nitrogen and oxygen atoms in total. The highest BCUT2D eigenvalue weighted by molar-refractivity contribution is 6.04. The van der Waals surface area contributed by atoms with E-state index in [4.69, 9.17) is 9.47 Å². The third kappa shape index (κ3) is 2.63. The van der Waals surface area contributed by atoms with Crippen LogP contribution in [0.3, 0.4) is 0 Å². The summed E-state index contributed by atoms with van der Waals surface area (Å²) in [6, 6.07) is 5.85. The summed E-state index contributed by atoms with van der Waals surface area (Å²) in [6.45, 7) is 0.797. The van der Waals surface area contributed by atoms with E-state index in [0.29, 0.717) is 0 Å². The van der Waals surface area contributed by atoms with E-state index in [0.717, 1.165) is 23.6 Å². The largest absolute Gasteiger partial charge is 0.493 e. The minimum Gasteiger partial charge on any atom is -0.493 e. The van der Waals surface area contributed by atoms with Gasteiger partial charge in [0.15, 0.2) is 11.5 Å². The molecule has 0 aliphatic rings. The fourth-order valence-electron chi connectivity index (χ4n) is 1.11. The number of hydrogen-bond donors (Lipinski definition) is 1. The van der Waals surface area contributed by atoms with Crippen molar-refractivity contribution in [3.05, 3.63) is 23.8 Å². The first-order valence-electron chi connectivity index (χ1n) is 3.96. The summed E-state index contributed by atoms with van der Waals surface area (Å²) < 4.78 is 13.3. The Balaban J connectivity index is 2.91. The van der Waals surface area contributed by atoms with Gasteiger partial charge in [-0.3, -0.25) is 0 Å². The lowest BCUT2D eigenvalue weighted by atomic mass is 10.2. The number of rotatable bonds is 4. The average Bonchev–Trinajstić information content (AvgIpc) is 2.18. The zero-order valence-corrected chi connectivity index (χ0v) is 8.99. The predicted molar refractivity (Wildman–Crippen MR) is 52.1 cm³/mol. The Morgan fingerprint density at radius 3 is 2.46 bits per heavy atom. The van der Waals surface area contributed by atoms with E-state index in [1.54, 1.807) is 14.2 Å². The van der Waals surface area contributed by atoms with E-state index in [1.165, 1.54) is 0 Å². The molecule has 1 aromatic rings. The molecule has 0 amide bonds. The molecule has 0 fully saturated rings. The molecular weight excluding hydrogens is 181 g/mol. The lowest BCUT2D eigenvalue weighted by molar-refractivity contribution is 0.354. The molecule has 0 atom stereocenters. The van der Waals surface area contributed by atoms with Crippen LogP contribution in [0.25, 0.3) is 0 Å². The molecule has 0 aliphatic carbocycles. The van der Waals surface area contributed by atoms with Gasteiger partial charge < -0.3 is 13.8 Å². The van der Waals surface area contributed by atoms with E-state index >= 15 is 0 Å². The normalized spacial score (nSPS) is 9.69. The second kappa shape index (κ2) is 5.13. The minimum atomic E-state index is 0.759. The maximum Gasteiger partial charge on any atom is 0.251 e. The number of nitrogens with one attached hydrogen (secondary N) is 1. The molecule has 0 bridgehead atoms. The maximum atomic E-state index is 5.16. The summed E-state index contributed by atoms with van der Waals surface area (Å²) in [4.78, 5) is 0. The molecule has 0 unspecified atom stereocenters. The summed E-state index contributed by atoms with van der Waals surface area (Å²) >= 11 is 2.46. The maximum absolute atomic E-state index is 5.16. The zero-order valence-electron chi connectivity index (χ0n) is 7.83. The summed E-state index contributed by atoms with van der Waals surface area (Å²) in [7, 11) is 3.27. The van der Waals surface area contributed by atoms with Crippen LogP contribution in [0.2, 0.25) is 0 Å². The van der Waals surface area contributed by atoms with Gasteiger partial charge in [0.25, 0.3) is 16.5 Å². The highest BCUT2D eigenvalue weighted by atomic mass is 27.1. The fraction of sp³-hybridized carbons (Fsp3) is 0.333. The van der Waals surface area contributed by atoms with Gasteiger partial charge in [0.05, 0.1) is 14.2 Å². The third-order valence-electron chi connectivity index (χ3n) is 1.75. The predicted octanol–water partition coefficient (Wildman–Crippen LogP) is 0.877. The van der Waals surface area contributed by atoms with Gasteiger partial charge in [0.1, 0.15) is 0 Å². The second-order valence-corrected chi connectivity index (χ2v) is 2.98. The van der Waals surface area contributed by atoms with Gasteiger partial charge >= 0.3 is 0 Å². The zero-order chi connectivity index (χ0) is 9.68. The fourth-order valence-corrected chi connectivity index (χ4v) is 1.34. The van der Waals surface area contributed by atoms with Crippen LogP contribution in [0.5, 0.6) is 11.5 Å². The smallest absolute Gasteiger partial charge is 0.251 e. The number of benzene rings is 1. The van der Waals surface area contributed by atoms with Gasteiger partial charge in [0, 0.05) is 6.54 Å². The Bertz CT molecular complexity index is 278. The van der Waals surface area contributed by atoms with Crippen molar-refractivity contribution in [2.24, 2.45) is 0 Å². The molecule has 0 saturated carbocycles. The van der Waals surface area contributed by atoms with Crippen molar-refractivity contribution >= 4 is 16.5 Å². The quantitative estimate of drug-likeness (QED) is 0.720. The van der Waals surface area contributed by atoms with Crippen LogP contribution < -0.4 is 13.8 Å². The molecule has 0 spiro atoms. The molecule has 4 heteroatoms. The highest BCUT2D eigenvalue weighted by Gasteiger charge is 2.02. The van der Waals surface area contributed by atoms with Gasteiger partial charge in [0.2, 0.25) is 0 Å². The Labute approximate surface area is 86.7 Å². The molecule has 0 aromatic heterocycles. The molecular formula is C9H12AlNO2. The summed E-state index contributed by atoms with van der Waals surface area (Å²) in [6.07, 6.45) is 0. The molecule has 1 aromatic carbocycles. The SMILES string of the molecule is COc1ccc(C[NH][Al])cc1OC. The number of hydrogen-bond acceptors (Lipinski definition) is 3. The molecule has 68 valence electrons. The molecule has 0 heterocycles. The Morgan fingerprint density at radius 2 is 1.92 bits per heavy atom. The van der Waals surface area contributed by atoms with Crippen molar-refractivity contribution in [2.45, 2.75) is 6.54 Å². The first kappa shape index (κ1) is 10.4. The molecule has 0 saturated heterocycles. The molecule has 0 aliphatic heterocycles. The Morgan fingerprint density at radius 1 is 1.23 bits per heavy atom. The summed E-state index contributed by atoms with van der Waals surface area (Å²) in [5.74, 6) is 1.52. The van der Waals surface area contributed by atoms with Crippen molar-refractivity contribution in [1.82, 2.24) is 4.30 Å². The van der Waals surface area contributed by atoms with Crippen LogP contribution in [-0.2, 0) is 6.54 Å². The van der Waals surface area contributed by atoms with Crippen LogP contribution in [0.4, 0.5) is 0 Å². The van der Waals surface area contributed by atoms with E-state index in [-0.39, 0.29) is 0 Å². The van der Waals surface area contributed by atoms with E-state index in [2.05, 4.69) is 20.8 Å². The van der Waals surface area contributed by atoms with Gasteiger partial charge in [-0.15, -0.1) is 0 Å². The number of ether oxygens (including phenoxy) is 2. The first-order valence-corrected chi connectivity index (χ1v) is 4.54. The van der Waals surface area contributed by atoms with Gasteiger partial charge in [-0.25, -0.2) is 0 Å². The molecule has 1 rings (SSSR count). The van der Waals surface area contributed by atoms with E-state index in [9.17, 15) is 0 Å². The minimum absolute atomic E-state index is 0.759. The average molecular weight is 193 g/mol. The standard InChI is InChI=1S/C9H12NO2.Al/c1-11-8-4-3-7(6-10)5-9(8)12-2;/h3-5,10H,6H2,1-2H3;/q-1;+1. The van der Waals surface area contributed by atoms with Crippen molar-refractivity contribution in [1.29, 1.82) is 0 Å². The molecule has 13 heavy (non-hydrogen) atoms. The third-order valence-corrected chi connectivity index (χ3v) is 1.96. The van der Waals surface area contributed by atoms with Crippen LogP contribution >= 0.6 is 0 Å². The Hall–Kier alpha value is -0.688.